The summed E-state index contributed by atoms with van der Waals surface area (Å²) in [7, 11) is 0. The number of benzene rings is 1. The quantitative estimate of drug-likeness (QED) is 0.828. The van der Waals surface area contributed by atoms with Crippen molar-refractivity contribution in [3.63, 3.8) is 0 Å². The van der Waals surface area contributed by atoms with Crippen LogP contribution in [-0.2, 0) is 16.0 Å². The number of aliphatic carboxylic acids is 1. The van der Waals surface area contributed by atoms with Crippen LogP contribution in [0.4, 0.5) is 10.5 Å². The van der Waals surface area contributed by atoms with E-state index >= 15 is 0 Å². The molecule has 2 aliphatic carbocycles. The van der Waals surface area contributed by atoms with Gasteiger partial charge in [-0.3, -0.25) is 14.5 Å². The highest BCUT2D eigenvalue weighted by molar-refractivity contribution is 5.89. The molecule has 3 atom stereocenters. The first-order chi connectivity index (χ1) is 13.0. The van der Waals surface area contributed by atoms with Gasteiger partial charge in [-0.2, -0.15) is 0 Å². The van der Waals surface area contributed by atoms with Gasteiger partial charge in [-0.1, -0.05) is 18.2 Å². The minimum Gasteiger partial charge on any atom is -0.481 e. The predicted octanol–water partition coefficient (Wildman–Crippen LogP) is 2.73. The van der Waals surface area contributed by atoms with E-state index in [9.17, 15) is 19.5 Å². The van der Waals surface area contributed by atoms with Crippen molar-refractivity contribution >= 4 is 23.7 Å². The average Bonchev–Trinajstić information content (AvgIpc) is 3.39. The van der Waals surface area contributed by atoms with Gasteiger partial charge in [-0.15, -0.1) is 0 Å². The molecular weight excluding hydrogens is 348 g/mol. The van der Waals surface area contributed by atoms with Gasteiger partial charge in [0.1, 0.15) is 0 Å². The molecule has 144 valence electrons. The number of anilines is 1. The number of fused-ring (bicyclic) bond motifs is 2. The first-order valence-corrected chi connectivity index (χ1v) is 9.60. The molecule has 0 aromatic heterocycles. The molecule has 2 saturated carbocycles. The fraction of sp³-hybridized carbons (Fsp3) is 0.550. The highest BCUT2D eigenvalue weighted by atomic mass is 16.4. The van der Waals surface area contributed by atoms with Gasteiger partial charge in [-0.25, -0.2) is 4.79 Å². The number of carboxylic acid groups (broad SMARTS) is 2. The Morgan fingerprint density at radius 3 is 2.44 bits per heavy atom. The molecule has 0 saturated heterocycles. The maximum atomic E-state index is 12.8. The van der Waals surface area contributed by atoms with Crippen molar-refractivity contribution in [3.05, 3.63) is 29.8 Å². The number of carboxylic acids is 1. The maximum Gasteiger partial charge on any atom is 0.412 e. The lowest BCUT2D eigenvalue weighted by atomic mass is 9.85. The SMILES string of the molecule is O=C(O)CCC(=O)N(C1CC1)C1CC[C@@H]2[C@H]1Cc1ccccc1N2C(=O)O. The van der Waals surface area contributed by atoms with Gasteiger partial charge >= 0.3 is 12.1 Å². The Labute approximate surface area is 157 Å². The van der Waals surface area contributed by atoms with E-state index in [1.165, 1.54) is 4.90 Å². The lowest BCUT2D eigenvalue weighted by Crippen LogP contribution is -2.52. The van der Waals surface area contributed by atoms with Crippen LogP contribution < -0.4 is 4.90 Å². The minimum absolute atomic E-state index is 0.0128. The number of amides is 2. The van der Waals surface area contributed by atoms with Gasteiger partial charge in [0, 0.05) is 30.5 Å². The minimum atomic E-state index is -0.966. The molecule has 0 spiro atoms. The molecule has 1 aromatic rings. The topological polar surface area (TPSA) is 98.2 Å². The summed E-state index contributed by atoms with van der Waals surface area (Å²) in [6.45, 7) is 0. The highest BCUT2D eigenvalue weighted by Crippen LogP contribution is 2.46. The number of para-hydroxylation sites is 1. The van der Waals surface area contributed by atoms with E-state index in [-0.39, 0.29) is 42.8 Å². The third-order valence-corrected chi connectivity index (χ3v) is 6.13. The molecule has 2 fully saturated rings. The molecular formula is C20H24N2O5. The van der Waals surface area contributed by atoms with Gasteiger partial charge in [-0.05, 0) is 43.7 Å². The van der Waals surface area contributed by atoms with Gasteiger partial charge in [0.25, 0.3) is 0 Å². The molecule has 1 heterocycles. The Morgan fingerprint density at radius 2 is 1.78 bits per heavy atom. The van der Waals surface area contributed by atoms with E-state index in [1.54, 1.807) is 0 Å². The lowest BCUT2D eigenvalue weighted by molar-refractivity contribution is -0.142. The van der Waals surface area contributed by atoms with Crippen LogP contribution in [-0.4, -0.2) is 51.2 Å². The molecule has 7 heteroatoms. The fourth-order valence-corrected chi connectivity index (χ4v) is 4.92. The third kappa shape index (κ3) is 3.26. The second kappa shape index (κ2) is 6.87. The molecule has 27 heavy (non-hydrogen) atoms. The van der Waals surface area contributed by atoms with Gasteiger partial charge in [0.2, 0.25) is 5.91 Å². The van der Waals surface area contributed by atoms with Crippen LogP contribution in [0.25, 0.3) is 0 Å². The van der Waals surface area contributed by atoms with E-state index in [4.69, 9.17) is 5.11 Å². The Balaban J connectivity index is 1.61. The average molecular weight is 372 g/mol. The van der Waals surface area contributed by atoms with Crippen LogP contribution >= 0.6 is 0 Å². The zero-order valence-electron chi connectivity index (χ0n) is 15.1. The van der Waals surface area contributed by atoms with Crippen molar-refractivity contribution in [1.29, 1.82) is 0 Å². The predicted molar refractivity (Wildman–Crippen MR) is 97.7 cm³/mol. The largest absolute Gasteiger partial charge is 0.481 e. The molecule has 2 amide bonds. The van der Waals surface area contributed by atoms with Crippen LogP contribution in [0.15, 0.2) is 24.3 Å². The lowest BCUT2D eigenvalue weighted by Gasteiger charge is -2.41. The summed E-state index contributed by atoms with van der Waals surface area (Å²) in [6.07, 6.45) is 3.05. The van der Waals surface area contributed by atoms with E-state index in [0.717, 1.165) is 43.4 Å². The van der Waals surface area contributed by atoms with E-state index in [1.807, 2.05) is 29.2 Å². The molecule has 1 unspecified atom stereocenters. The molecule has 1 aliphatic heterocycles. The highest BCUT2D eigenvalue weighted by Gasteiger charge is 2.50. The van der Waals surface area contributed by atoms with Crippen LogP contribution in [0.3, 0.4) is 0 Å². The number of hydrogen-bond acceptors (Lipinski definition) is 3. The van der Waals surface area contributed by atoms with E-state index < -0.39 is 12.1 Å². The Bertz CT molecular complexity index is 775. The fourth-order valence-electron chi connectivity index (χ4n) is 4.92. The molecule has 3 aliphatic rings. The standard InChI is InChI=1S/C20H24N2O5/c23-18(9-10-19(24)25)21(13-5-6-13)16-7-8-17-14(16)11-12-3-1-2-4-15(12)22(17)20(26)27/h1-4,13-14,16-17H,5-11H2,(H,24,25)(H,26,27)/t14-,16?,17+/m0/s1. The first kappa shape index (κ1) is 17.8. The smallest absolute Gasteiger partial charge is 0.412 e. The van der Waals surface area contributed by atoms with Crippen molar-refractivity contribution in [3.8, 4) is 0 Å². The summed E-state index contributed by atoms with van der Waals surface area (Å²) in [5.41, 5.74) is 1.75. The number of carbonyl (C=O) groups is 3. The van der Waals surface area contributed by atoms with Crippen molar-refractivity contribution in [1.82, 2.24) is 4.90 Å². The molecule has 1 aromatic carbocycles. The van der Waals surface area contributed by atoms with Crippen LogP contribution in [0.5, 0.6) is 0 Å². The summed E-state index contributed by atoms with van der Waals surface area (Å²) >= 11 is 0. The van der Waals surface area contributed by atoms with Crippen LogP contribution in [0.2, 0.25) is 0 Å². The molecule has 2 N–H and O–H groups in total. The Morgan fingerprint density at radius 1 is 1.04 bits per heavy atom. The normalized spacial score (nSPS) is 26.2. The van der Waals surface area contributed by atoms with E-state index in [0.29, 0.717) is 0 Å². The summed E-state index contributed by atoms with van der Waals surface area (Å²) in [5.74, 6) is -1.01. The number of nitrogens with zero attached hydrogens (tertiary/aromatic N) is 2. The molecule has 0 bridgehead atoms. The van der Waals surface area contributed by atoms with Crippen molar-refractivity contribution < 1.29 is 24.6 Å². The second-order valence-corrected chi connectivity index (χ2v) is 7.79. The van der Waals surface area contributed by atoms with Crippen LogP contribution in [0.1, 0.15) is 44.1 Å². The molecule has 7 nitrogen and oxygen atoms in total. The van der Waals surface area contributed by atoms with Crippen molar-refractivity contribution in [2.24, 2.45) is 5.92 Å². The van der Waals surface area contributed by atoms with E-state index in [2.05, 4.69) is 0 Å². The van der Waals surface area contributed by atoms with Gasteiger partial charge in [0.15, 0.2) is 0 Å². The maximum absolute atomic E-state index is 12.8. The number of carbonyl (C=O) groups excluding carboxylic acids is 1. The van der Waals surface area contributed by atoms with Gasteiger partial charge < -0.3 is 15.1 Å². The summed E-state index contributed by atoms with van der Waals surface area (Å²) < 4.78 is 0. The summed E-state index contributed by atoms with van der Waals surface area (Å²) in [4.78, 5) is 39.0. The Hall–Kier alpha value is -2.57. The second-order valence-electron chi connectivity index (χ2n) is 7.79. The monoisotopic (exact) mass is 372 g/mol. The summed E-state index contributed by atoms with van der Waals surface area (Å²) in [5, 5.41) is 18.7. The molecule has 0 radical (unpaired) electrons. The number of rotatable bonds is 5. The van der Waals surface area contributed by atoms with Gasteiger partial charge in [0.05, 0.1) is 12.1 Å². The summed E-state index contributed by atoms with van der Waals surface area (Å²) in [6, 6.07) is 7.63. The zero-order valence-corrected chi connectivity index (χ0v) is 15.1. The molecule has 4 rings (SSSR count). The van der Waals surface area contributed by atoms with Crippen LogP contribution in [0, 0.1) is 5.92 Å². The zero-order chi connectivity index (χ0) is 19.1. The Kier molecular flexibility index (Phi) is 4.53. The number of hydrogen-bond donors (Lipinski definition) is 2. The van der Waals surface area contributed by atoms with Crippen molar-refractivity contribution in [2.75, 3.05) is 4.90 Å². The third-order valence-electron chi connectivity index (χ3n) is 6.13. The first-order valence-electron chi connectivity index (χ1n) is 9.60. The van der Waals surface area contributed by atoms with Crippen molar-refractivity contribution in [2.45, 2.75) is 63.1 Å².